The first-order valence-corrected chi connectivity index (χ1v) is 6.35. The van der Waals surface area contributed by atoms with Crippen LogP contribution < -0.4 is 10.1 Å². The third-order valence-corrected chi connectivity index (χ3v) is 2.68. The summed E-state index contributed by atoms with van der Waals surface area (Å²) in [7, 11) is 0. The largest absolute Gasteiger partial charge is 0.478 e. The summed E-state index contributed by atoms with van der Waals surface area (Å²) in [6.45, 7) is 11.2. The number of hydrogen-bond donors (Lipinski definition) is 1. The van der Waals surface area contributed by atoms with Crippen LogP contribution in [0.2, 0.25) is 0 Å². The van der Waals surface area contributed by atoms with Crippen molar-refractivity contribution >= 4 is 5.69 Å². The van der Waals surface area contributed by atoms with Crippen molar-refractivity contribution in [2.75, 3.05) is 38.1 Å². The molecule has 96 valence electrons. The maximum atomic E-state index is 5.29. The molecule has 4 nitrogen and oxygen atoms in total. The van der Waals surface area contributed by atoms with Gasteiger partial charge in [0.1, 0.15) is 0 Å². The van der Waals surface area contributed by atoms with E-state index in [0.29, 0.717) is 12.5 Å². The molecule has 0 spiro atoms. The molecule has 0 aromatic carbocycles. The zero-order valence-electron chi connectivity index (χ0n) is 11.1. The van der Waals surface area contributed by atoms with Gasteiger partial charge in [0.2, 0.25) is 5.88 Å². The third-order valence-electron chi connectivity index (χ3n) is 2.68. The van der Waals surface area contributed by atoms with Gasteiger partial charge in [-0.05, 0) is 26.1 Å². The van der Waals surface area contributed by atoms with Crippen LogP contribution in [0, 0.1) is 0 Å². The van der Waals surface area contributed by atoms with Crippen molar-refractivity contribution in [3.8, 4) is 5.88 Å². The highest BCUT2D eigenvalue weighted by Gasteiger charge is 1.99. The number of nitrogens with zero attached hydrogens (tertiary/aromatic N) is 2. The normalized spacial score (nSPS) is 10.6. The van der Waals surface area contributed by atoms with E-state index in [2.05, 4.69) is 29.0 Å². The van der Waals surface area contributed by atoms with Crippen LogP contribution in [0.25, 0.3) is 0 Å². The summed E-state index contributed by atoms with van der Waals surface area (Å²) in [6.07, 6.45) is 1.81. The maximum absolute atomic E-state index is 5.29. The highest BCUT2D eigenvalue weighted by atomic mass is 16.5. The number of aromatic nitrogens is 1. The number of ether oxygens (including phenoxy) is 1. The summed E-state index contributed by atoms with van der Waals surface area (Å²) in [5, 5.41) is 3.35. The number of pyridine rings is 1. The quantitative estimate of drug-likeness (QED) is 0.752. The Balaban J connectivity index is 2.31. The topological polar surface area (TPSA) is 37.4 Å². The van der Waals surface area contributed by atoms with E-state index >= 15 is 0 Å². The third kappa shape index (κ3) is 5.04. The van der Waals surface area contributed by atoms with Crippen molar-refractivity contribution in [3.05, 3.63) is 18.3 Å². The Morgan fingerprint density at radius 3 is 2.53 bits per heavy atom. The molecular weight excluding hydrogens is 214 g/mol. The van der Waals surface area contributed by atoms with E-state index in [1.54, 1.807) is 0 Å². The highest BCUT2D eigenvalue weighted by Crippen LogP contribution is 2.10. The van der Waals surface area contributed by atoms with Crippen LogP contribution in [-0.4, -0.2) is 42.7 Å². The zero-order chi connectivity index (χ0) is 12.5. The minimum atomic E-state index is 0.654. The van der Waals surface area contributed by atoms with Crippen molar-refractivity contribution < 1.29 is 4.74 Å². The Hall–Kier alpha value is -1.29. The Labute approximate surface area is 104 Å². The van der Waals surface area contributed by atoms with Crippen molar-refractivity contribution in [3.63, 3.8) is 0 Å². The lowest BCUT2D eigenvalue weighted by Crippen LogP contribution is -2.28. The molecule has 1 N–H and O–H groups in total. The summed E-state index contributed by atoms with van der Waals surface area (Å²) < 4.78 is 5.29. The second kappa shape index (κ2) is 7.90. The SMILES string of the molecule is CCOc1ccc(NCCN(CC)CC)cn1. The molecule has 17 heavy (non-hydrogen) atoms. The molecule has 0 amide bonds. The number of nitrogens with one attached hydrogen (secondary N) is 1. The molecule has 0 saturated carbocycles. The van der Waals surface area contributed by atoms with Gasteiger partial charge < -0.3 is 15.0 Å². The van der Waals surface area contributed by atoms with Gasteiger partial charge in [-0.25, -0.2) is 4.98 Å². The Morgan fingerprint density at radius 2 is 2.00 bits per heavy atom. The van der Waals surface area contributed by atoms with Gasteiger partial charge in [-0.1, -0.05) is 13.8 Å². The predicted molar refractivity (Wildman–Crippen MR) is 71.7 cm³/mol. The summed E-state index contributed by atoms with van der Waals surface area (Å²) in [4.78, 5) is 6.59. The Morgan fingerprint density at radius 1 is 1.24 bits per heavy atom. The lowest BCUT2D eigenvalue weighted by molar-refractivity contribution is 0.316. The molecule has 0 bridgehead atoms. The van der Waals surface area contributed by atoms with Crippen LogP contribution in [0.15, 0.2) is 18.3 Å². The van der Waals surface area contributed by atoms with Crippen molar-refractivity contribution in [2.24, 2.45) is 0 Å². The molecule has 0 radical (unpaired) electrons. The summed E-state index contributed by atoms with van der Waals surface area (Å²) in [5.74, 6) is 0.682. The molecule has 1 heterocycles. The van der Waals surface area contributed by atoms with Crippen LogP contribution in [0.3, 0.4) is 0 Å². The maximum Gasteiger partial charge on any atom is 0.213 e. The molecular formula is C13H23N3O. The molecule has 1 aromatic rings. The second-order valence-corrected chi connectivity index (χ2v) is 3.77. The van der Waals surface area contributed by atoms with Gasteiger partial charge in [0, 0.05) is 19.2 Å². The average molecular weight is 237 g/mol. The van der Waals surface area contributed by atoms with E-state index in [9.17, 15) is 0 Å². The average Bonchev–Trinajstić information content (AvgIpc) is 2.37. The van der Waals surface area contributed by atoms with E-state index in [1.165, 1.54) is 0 Å². The van der Waals surface area contributed by atoms with Crippen molar-refractivity contribution in [1.29, 1.82) is 0 Å². The van der Waals surface area contributed by atoms with Gasteiger partial charge in [0.25, 0.3) is 0 Å². The minimum absolute atomic E-state index is 0.654. The second-order valence-electron chi connectivity index (χ2n) is 3.77. The van der Waals surface area contributed by atoms with Crippen LogP contribution in [0.5, 0.6) is 5.88 Å². The van der Waals surface area contributed by atoms with E-state index in [1.807, 2.05) is 25.3 Å². The summed E-state index contributed by atoms with van der Waals surface area (Å²) in [5.41, 5.74) is 1.04. The highest BCUT2D eigenvalue weighted by molar-refractivity contribution is 5.41. The van der Waals surface area contributed by atoms with E-state index in [0.717, 1.165) is 31.9 Å². The molecule has 0 saturated heterocycles. The van der Waals surface area contributed by atoms with E-state index < -0.39 is 0 Å². The Kier molecular flexibility index (Phi) is 6.40. The summed E-state index contributed by atoms with van der Waals surface area (Å²) in [6, 6.07) is 3.89. The van der Waals surface area contributed by atoms with Gasteiger partial charge in [-0.2, -0.15) is 0 Å². The van der Waals surface area contributed by atoms with Crippen LogP contribution in [-0.2, 0) is 0 Å². The first-order chi connectivity index (χ1) is 8.30. The molecule has 0 aliphatic carbocycles. The number of likely N-dealkylation sites (N-methyl/N-ethyl adjacent to an activating group) is 1. The van der Waals surface area contributed by atoms with Gasteiger partial charge in [-0.3, -0.25) is 0 Å². The molecule has 0 aliphatic heterocycles. The van der Waals surface area contributed by atoms with Gasteiger partial charge in [-0.15, -0.1) is 0 Å². The fraction of sp³-hybridized carbons (Fsp3) is 0.615. The Bertz CT molecular complexity index is 296. The molecule has 1 rings (SSSR count). The number of anilines is 1. The molecule has 4 heteroatoms. The van der Waals surface area contributed by atoms with E-state index in [4.69, 9.17) is 4.74 Å². The van der Waals surface area contributed by atoms with Gasteiger partial charge >= 0.3 is 0 Å². The zero-order valence-corrected chi connectivity index (χ0v) is 11.1. The van der Waals surface area contributed by atoms with Gasteiger partial charge in [0.05, 0.1) is 18.5 Å². The smallest absolute Gasteiger partial charge is 0.213 e. The standard InChI is InChI=1S/C13H23N3O/c1-4-16(5-2)10-9-14-12-7-8-13(15-11-12)17-6-3/h7-8,11,14H,4-6,9-10H2,1-3H3. The lowest BCUT2D eigenvalue weighted by atomic mass is 10.4. The van der Waals surface area contributed by atoms with Crippen molar-refractivity contribution in [2.45, 2.75) is 20.8 Å². The van der Waals surface area contributed by atoms with Crippen LogP contribution in [0.1, 0.15) is 20.8 Å². The molecule has 0 unspecified atom stereocenters. The molecule has 0 aliphatic rings. The number of hydrogen-bond acceptors (Lipinski definition) is 4. The van der Waals surface area contributed by atoms with Crippen LogP contribution >= 0.6 is 0 Å². The van der Waals surface area contributed by atoms with E-state index in [-0.39, 0.29) is 0 Å². The van der Waals surface area contributed by atoms with Crippen LogP contribution in [0.4, 0.5) is 5.69 Å². The predicted octanol–water partition coefficient (Wildman–Crippen LogP) is 2.23. The van der Waals surface area contributed by atoms with Gasteiger partial charge in [0.15, 0.2) is 0 Å². The van der Waals surface area contributed by atoms with Crippen molar-refractivity contribution in [1.82, 2.24) is 9.88 Å². The molecule has 1 aromatic heterocycles. The minimum Gasteiger partial charge on any atom is -0.478 e. The molecule has 0 atom stereocenters. The first-order valence-electron chi connectivity index (χ1n) is 6.35. The summed E-state index contributed by atoms with van der Waals surface area (Å²) >= 11 is 0. The fourth-order valence-corrected chi connectivity index (χ4v) is 1.62. The lowest BCUT2D eigenvalue weighted by Gasteiger charge is -2.18. The number of rotatable bonds is 8. The first kappa shape index (κ1) is 13.8. The fourth-order valence-electron chi connectivity index (χ4n) is 1.62. The molecule has 0 fully saturated rings. The monoisotopic (exact) mass is 237 g/mol.